The van der Waals surface area contributed by atoms with Crippen LogP contribution < -0.4 is 0 Å². The van der Waals surface area contributed by atoms with E-state index in [2.05, 4.69) is 0 Å². The second-order valence-electron chi connectivity index (χ2n) is 3.44. The molecular formula is C13H6F3N. The van der Waals surface area contributed by atoms with Gasteiger partial charge < -0.3 is 0 Å². The highest BCUT2D eigenvalue weighted by Gasteiger charge is 2.11. The molecule has 4 heteroatoms. The topological polar surface area (TPSA) is 23.8 Å². The third-order valence-electron chi connectivity index (χ3n) is 2.29. The average Bonchev–Trinajstić information content (AvgIpc) is 2.31. The van der Waals surface area contributed by atoms with Crippen LogP contribution in [0.2, 0.25) is 0 Å². The van der Waals surface area contributed by atoms with E-state index in [-0.39, 0.29) is 16.7 Å². The first-order chi connectivity index (χ1) is 8.11. The van der Waals surface area contributed by atoms with Gasteiger partial charge in [-0.05, 0) is 29.8 Å². The van der Waals surface area contributed by atoms with Gasteiger partial charge in [-0.15, -0.1) is 0 Å². The Morgan fingerprint density at radius 1 is 1.00 bits per heavy atom. The van der Waals surface area contributed by atoms with Crippen molar-refractivity contribution in [1.82, 2.24) is 0 Å². The molecule has 0 bridgehead atoms. The van der Waals surface area contributed by atoms with Crippen LogP contribution in [0.1, 0.15) is 5.56 Å². The van der Waals surface area contributed by atoms with Crippen molar-refractivity contribution < 1.29 is 13.2 Å². The van der Waals surface area contributed by atoms with Gasteiger partial charge in [-0.1, -0.05) is 12.1 Å². The summed E-state index contributed by atoms with van der Waals surface area (Å²) < 4.78 is 39.7. The highest BCUT2D eigenvalue weighted by Crippen LogP contribution is 2.26. The molecule has 0 heterocycles. The summed E-state index contributed by atoms with van der Waals surface area (Å²) in [5, 5.41) is 8.67. The Hall–Kier alpha value is -2.28. The Bertz CT molecular complexity index is 615. The Balaban J connectivity index is 2.65. The zero-order valence-electron chi connectivity index (χ0n) is 8.55. The Labute approximate surface area is 95.7 Å². The number of nitriles is 1. The molecule has 1 nitrogen and oxygen atoms in total. The number of nitrogens with zero attached hydrogens (tertiary/aromatic N) is 1. The minimum Gasteiger partial charge on any atom is -0.207 e. The molecule has 0 aliphatic heterocycles. The van der Waals surface area contributed by atoms with Crippen molar-refractivity contribution in [2.75, 3.05) is 0 Å². The summed E-state index contributed by atoms with van der Waals surface area (Å²) >= 11 is 0. The summed E-state index contributed by atoms with van der Waals surface area (Å²) in [6.07, 6.45) is 0. The lowest BCUT2D eigenvalue weighted by Crippen LogP contribution is -1.91. The van der Waals surface area contributed by atoms with Crippen molar-refractivity contribution in [1.29, 1.82) is 5.26 Å². The molecule has 0 saturated carbocycles. The number of halogens is 3. The summed E-state index contributed by atoms with van der Waals surface area (Å²) in [5.41, 5.74) is 0.128. The predicted molar refractivity (Wildman–Crippen MR) is 56.5 cm³/mol. The van der Waals surface area contributed by atoms with Crippen LogP contribution in [0.25, 0.3) is 11.1 Å². The van der Waals surface area contributed by atoms with Gasteiger partial charge in [-0.25, -0.2) is 13.2 Å². The van der Waals surface area contributed by atoms with Crippen LogP contribution in [0.15, 0.2) is 36.4 Å². The lowest BCUT2D eigenvalue weighted by atomic mass is 10.0. The molecule has 2 aromatic rings. The molecule has 0 unspecified atom stereocenters. The molecule has 0 fully saturated rings. The first-order valence-electron chi connectivity index (χ1n) is 4.77. The summed E-state index contributed by atoms with van der Waals surface area (Å²) in [6.45, 7) is 0. The summed E-state index contributed by atoms with van der Waals surface area (Å²) in [7, 11) is 0. The van der Waals surface area contributed by atoms with Gasteiger partial charge in [-0.3, -0.25) is 0 Å². The lowest BCUT2D eigenvalue weighted by molar-refractivity contribution is 0.511. The van der Waals surface area contributed by atoms with Crippen molar-refractivity contribution in [2.45, 2.75) is 0 Å². The van der Waals surface area contributed by atoms with Gasteiger partial charge in [0.05, 0.1) is 11.6 Å². The number of benzene rings is 2. The van der Waals surface area contributed by atoms with Crippen LogP contribution in [0.5, 0.6) is 0 Å². The van der Waals surface area contributed by atoms with Crippen LogP contribution in [0.4, 0.5) is 13.2 Å². The maximum absolute atomic E-state index is 13.5. The number of hydrogen-bond donors (Lipinski definition) is 0. The second-order valence-corrected chi connectivity index (χ2v) is 3.44. The van der Waals surface area contributed by atoms with Gasteiger partial charge in [0.2, 0.25) is 0 Å². The van der Waals surface area contributed by atoms with E-state index in [1.54, 1.807) is 6.07 Å². The zero-order valence-corrected chi connectivity index (χ0v) is 8.55. The fourth-order valence-electron chi connectivity index (χ4n) is 1.54. The van der Waals surface area contributed by atoms with E-state index in [4.69, 9.17) is 5.26 Å². The van der Waals surface area contributed by atoms with Crippen molar-refractivity contribution in [3.05, 3.63) is 59.4 Å². The maximum atomic E-state index is 13.5. The predicted octanol–water partition coefficient (Wildman–Crippen LogP) is 3.64. The molecule has 0 aliphatic rings. The van der Waals surface area contributed by atoms with Crippen LogP contribution >= 0.6 is 0 Å². The fraction of sp³-hybridized carbons (Fsp3) is 0. The van der Waals surface area contributed by atoms with E-state index in [9.17, 15) is 13.2 Å². The van der Waals surface area contributed by atoms with Crippen molar-refractivity contribution >= 4 is 0 Å². The van der Waals surface area contributed by atoms with Gasteiger partial charge in [-0.2, -0.15) is 5.26 Å². The van der Waals surface area contributed by atoms with Crippen LogP contribution in [-0.4, -0.2) is 0 Å². The van der Waals surface area contributed by atoms with Gasteiger partial charge in [0.15, 0.2) is 11.6 Å². The summed E-state index contributed by atoms with van der Waals surface area (Å²) in [4.78, 5) is 0. The minimum absolute atomic E-state index is 0.0589. The molecular weight excluding hydrogens is 227 g/mol. The molecule has 0 spiro atoms. The van der Waals surface area contributed by atoms with E-state index in [1.807, 2.05) is 0 Å². The van der Waals surface area contributed by atoms with Gasteiger partial charge in [0, 0.05) is 5.56 Å². The van der Waals surface area contributed by atoms with E-state index >= 15 is 0 Å². The molecule has 0 atom stereocenters. The first kappa shape index (κ1) is 11.2. The molecule has 0 amide bonds. The lowest BCUT2D eigenvalue weighted by Gasteiger charge is -2.04. The molecule has 2 rings (SSSR count). The SMILES string of the molecule is N#Cc1cc(F)cc(-c2cccc(F)c2F)c1. The standard InChI is InChI=1S/C13H6F3N/c14-10-5-8(7-17)4-9(6-10)11-2-1-3-12(15)13(11)16/h1-6H. The van der Waals surface area contributed by atoms with E-state index in [0.29, 0.717) is 0 Å². The summed E-state index contributed by atoms with van der Waals surface area (Å²) in [5.74, 6) is -2.73. The quantitative estimate of drug-likeness (QED) is 0.737. The third-order valence-corrected chi connectivity index (χ3v) is 2.29. The first-order valence-corrected chi connectivity index (χ1v) is 4.77. The Morgan fingerprint density at radius 2 is 1.76 bits per heavy atom. The van der Waals surface area contributed by atoms with E-state index in [1.165, 1.54) is 18.2 Å². The largest absolute Gasteiger partial charge is 0.207 e. The van der Waals surface area contributed by atoms with Crippen molar-refractivity contribution in [2.24, 2.45) is 0 Å². The normalized spacial score (nSPS) is 10.0. The maximum Gasteiger partial charge on any atom is 0.166 e. The molecule has 2 aromatic carbocycles. The molecule has 0 aliphatic carbocycles. The highest BCUT2D eigenvalue weighted by atomic mass is 19.2. The molecule has 0 radical (unpaired) electrons. The van der Waals surface area contributed by atoms with Crippen LogP contribution in [0.3, 0.4) is 0 Å². The number of rotatable bonds is 1. The van der Waals surface area contributed by atoms with Gasteiger partial charge >= 0.3 is 0 Å². The smallest absolute Gasteiger partial charge is 0.166 e. The van der Waals surface area contributed by atoms with Crippen molar-refractivity contribution in [3.63, 3.8) is 0 Å². The molecule has 0 N–H and O–H groups in total. The summed E-state index contributed by atoms with van der Waals surface area (Å²) in [6, 6.07) is 8.77. The Morgan fingerprint density at radius 3 is 2.47 bits per heavy atom. The fourth-order valence-corrected chi connectivity index (χ4v) is 1.54. The monoisotopic (exact) mass is 233 g/mol. The van der Waals surface area contributed by atoms with Gasteiger partial charge in [0.1, 0.15) is 5.82 Å². The minimum atomic E-state index is -1.05. The molecule has 0 saturated heterocycles. The second kappa shape index (κ2) is 4.30. The number of hydrogen-bond acceptors (Lipinski definition) is 1. The van der Waals surface area contributed by atoms with Gasteiger partial charge in [0.25, 0.3) is 0 Å². The van der Waals surface area contributed by atoms with Crippen LogP contribution in [0, 0.1) is 28.8 Å². The third kappa shape index (κ3) is 2.13. The zero-order chi connectivity index (χ0) is 12.4. The Kier molecular flexibility index (Phi) is 2.84. The highest BCUT2D eigenvalue weighted by molar-refractivity contribution is 5.66. The molecule has 84 valence electrons. The van der Waals surface area contributed by atoms with E-state index in [0.717, 1.165) is 18.2 Å². The average molecular weight is 233 g/mol. The molecule has 17 heavy (non-hydrogen) atoms. The van der Waals surface area contributed by atoms with Crippen LogP contribution in [-0.2, 0) is 0 Å². The van der Waals surface area contributed by atoms with E-state index < -0.39 is 17.5 Å². The molecule has 0 aromatic heterocycles. The van der Waals surface area contributed by atoms with Crippen molar-refractivity contribution in [3.8, 4) is 17.2 Å².